The molecular weight excluding hydrogens is 205 g/mol. The minimum absolute atomic E-state index is 0. The molecule has 12 heavy (non-hydrogen) atoms. The van der Waals surface area contributed by atoms with E-state index in [1.54, 1.807) is 6.92 Å². The number of benzene rings is 1. The van der Waals surface area contributed by atoms with Gasteiger partial charge in [0.15, 0.2) is 0 Å². The summed E-state index contributed by atoms with van der Waals surface area (Å²) in [5.74, 6) is 0. The van der Waals surface area contributed by atoms with Crippen LogP contribution in [0.4, 0.5) is 0 Å². The summed E-state index contributed by atoms with van der Waals surface area (Å²) in [6.45, 7) is 3.64. The Kier molecular flexibility index (Phi) is 12.6. The van der Waals surface area contributed by atoms with Gasteiger partial charge in [0.05, 0.1) is 0 Å². The molecule has 2 nitrogen and oxygen atoms in total. The Labute approximate surface area is 86.0 Å². The van der Waals surface area contributed by atoms with Crippen molar-refractivity contribution in [3.05, 3.63) is 49.1 Å². The van der Waals surface area contributed by atoms with Gasteiger partial charge in [0.25, 0.3) is 0 Å². The summed E-state index contributed by atoms with van der Waals surface area (Å²) < 4.78 is 0. The summed E-state index contributed by atoms with van der Waals surface area (Å²) >= 11 is 0. The van der Waals surface area contributed by atoms with E-state index in [1.807, 2.05) is 30.3 Å². The van der Waals surface area contributed by atoms with E-state index in [2.05, 4.69) is 0 Å². The summed E-state index contributed by atoms with van der Waals surface area (Å²) in [7, 11) is 0. The zero-order valence-corrected chi connectivity index (χ0v) is 10.1. The second-order valence-corrected chi connectivity index (χ2v) is 1.80. The molecule has 0 fully saturated rings. The van der Waals surface area contributed by atoms with Gasteiger partial charge in [-0.15, -0.1) is 12.1 Å². The Morgan fingerprint density at radius 1 is 1.08 bits per heavy atom. The van der Waals surface area contributed by atoms with Gasteiger partial charge in [0, 0.05) is 0 Å². The second kappa shape index (κ2) is 10.6. The van der Waals surface area contributed by atoms with Crippen molar-refractivity contribution < 1.29 is 29.7 Å². The summed E-state index contributed by atoms with van der Waals surface area (Å²) in [6.07, 6.45) is 0. The van der Waals surface area contributed by atoms with Gasteiger partial charge in [-0.3, -0.25) is 0 Å². The Hall–Kier alpha value is -0.367. The van der Waals surface area contributed by atoms with Crippen LogP contribution < -0.4 is 0 Å². The molecule has 0 bridgehead atoms. The average molecular weight is 218 g/mol. The van der Waals surface area contributed by atoms with E-state index in [4.69, 9.17) is 10.2 Å². The van der Waals surface area contributed by atoms with E-state index in [1.165, 1.54) is 0 Å². The predicted octanol–water partition coefficient (Wildman–Crippen LogP) is 2.11. The Morgan fingerprint density at radius 3 is 1.75 bits per heavy atom. The Balaban J connectivity index is 0. The van der Waals surface area contributed by atoms with Crippen LogP contribution in [0.5, 0.6) is 0 Å². The van der Waals surface area contributed by atoms with Crippen molar-refractivity contribution in [1.29, 1.82) is 0 Å². The standard InChI is InChI=1S/C7H7O.C2H5O.Zn/c8-6-7-4-2-1-3-5-7;1-2-3;/h1-6,8H;2-3H,1H3;/q2*-1;+2. The first kappa shape index (κ1) is 14.2. The summed E-state index contributed by atoms with van der Waals surface area (Å²) in [4.78, 5) is 0. The molecule has 0 heterocycles. The smallest absolute Gasteiger partial charge is 0.566 e. The van der Waals surface area contributed by atoms with Gasteiger partial charge in [-0.25, -0.2) is 6.61 Å². The van der Waals surface area contributed by atoms with E-state index in [0.29, 0.717) is 0 Å². The molecule has 0 saturated carbocycles. The topological polar surface area (TPSA) is 40.5 Å². The molecular formula is C9H12O2Zn. The molecule has 1 rings (SSSR count). The number of hydrogen-bond acceptors (Lipinski definition) is 2. The van der Waals surface area contributed by atoms with Gasteiger partial charge in [-0.2, -0.15) is 24.6 Å². The molecule has 0 atom stereocenters. The van der Waals surface area contributed by atoms with Crippen molar-refractivity contribution in [3.8, 4) is 0 Å². The molecule has 0 saturated heterocycles. The molecule has 0 unspecified atom stereocenters. The predicted molar refractivity (Wildman–Crippen MR) is 43.7 cm³/mol. The molecule has 0 aliphatic heterocycles. The molecule has 1 aromatic rings. The van der Waals surface area contributed by atoms with Crippen LogP contribution in [0.1, 0.15) is 12.5 Å². The van der Waals surface area contributed by atoms with Crippen LogP contribution >= 0.6 is 0 Å². The molecule has 0 spiro atoms. The first-order valence-corrected chi connectivity index (χ1v) is 3.29. The van der Waals surface area contributed by atoms with E-state index < -0.39 is 0 Å². The summed E-state index contributed by atoms with van der Waals surface area (Å²) in [5, 5.41) is 15.9. The molecule has 0 aliphatic rings. The minimum Gasteiger partial charge on any atom is -0.566 e. The van der Waals surface area contributed by atoms with Crippen LogP contribution in [0.25, 0.3) is 0 Å². The molecule has 0 radical (unpaired) electrons. The van der Waals surface area contributed by atoms with E-state index >= 15 is 0 Å². The van der Waals surface area contributed by atoms with Crippen molar-refractivity contribution >= 4 is 0 Å². The van der Waals surface area contributed by atoms with E-state index in [-0.39, 0.29) is 19.5 Å². The Morgan fingerprint density at radius 2 is 1.50 bits per heavy atom. The molecule has 0 aliphatic carbocycles. The molecule has 3 heteroatoms. The largest absolute Gasteiger partial charge is 2.00 e. The SMILES string of the molecule is C[CH-]O.O[CH-]c1ccccc1.[Zn+2]. The van der Waals surface area contributed by atoms with E-state index in [9.17, 15) is 0 Å². The van der Waals surface area contributed by atoms with Crippen LogP contribution in [0, 0.1) is 13.2 Å². The molecule has 0 aromatic heterocycles. The first-order chi connectivity index (χ1) is 5.35. The number of aliphatic hydroxyl groups excluding tert-OH is 2. The van der Waals surface area contributed by atoms with Crippen LogP contribution in [-0.2, 0) is 19.5 Å². The third kappa shape index (κ3) is 7.74. The average Bonchev–Trinajstić information content (AvgIpc) is 2.08. The molecule has 62 valence electrons. The summed E-state index contributed by atoms with van der Waals surface area (Å²) in [5.41, 5.74) is 0.840. The van der Waals surface area contributed by atoms with Crippen LogP contribution in [0.15, 0.2) is 30.3 Å². The third-order valence-corrected chi connectivity index (χ3v) is 0.949. The van der Waals surface area contributed by atoms with Crippen LogP contribution in [-0.4, -0.2) is 10.2 Å². The number of hydrogen-bond donors (Lipinski definition) is 2. The molecule has 2 N–H and O–H groups in total. The third-order valence-electron chi connectivity index (χ3n) is 0.949. The van der Waals surface area contributed by atoms with Gasteiger partial charge in [-0.05, 0) is 0 Å². The van der Waals surface area contributed by atoms with Gasteiger partial charge < -0.3 is 10.2 Å². The maximum Gasteiger partial charge on any atom is 2.00 e. The maximum atomic E-state index is 8.41. The van der Waals surface area contributed by atoms with Gasteiger partial charge in [-0.1, -0.05) is 12.7 Å². The summed E-state index contributed by atoms with van der Waals surface area (Å²) in [6, 6.07) is 9.33. The van der Waals surface area contributed by atoms with Crippen molar-refractivity contribution in [2.45, 2.75) is 6.92 Å². The fraction of sp³-hybridized carbons (Fsp3) is 0.111. The van der Waals surface area contributed by atoms with Crippen LogP contribution in [0.2, 0.25) is 0 Å². The van der Waals surface area contributed by atoms with Gasteiger partial charge in [0.2, 0.25) is 0 Å². The fourth-order valence-corrected chi connectivity index (χ4v) is 0.539. The van der Waals surface area contributed by atoms with Crippen molar-refractivity contribution in [3.63, 3.8) is 0 Å². The number of aliphatic hydroxyl groups is 2. The zero-order chi connectivity index (χ0) is 8.53. The maximum absolute atomic E-state index is 8.41. The molecule has 0 amide bonds. The normalized spacial score (nSPS) is 7.25. The fourth-order valence-electron chi connectivity index (χ4n) is 0.539. The van der Waals surface area contributed by atoms with Crippen molar-refractivity contribution in [2.24, 2.45) is 0 Å². The zero-order valence-electron chi connectivity index (χ0n) is 7.14. The Bertz CT molecular complexity index is 165. The van der Waals surface area contributed by atoms with Crippen molar-refractivity contribution in [2.75, 3.05) is 0 Å². The monoisotopic (exact) mass is 216 g/mol. The quantitative estimate of drug-likeness (QED) is 0.559. The van der Waals surface area contributed by atoms with Gasteiger partial charge in [0.1, 0.15) is 0 Å². The van der Waals surface area contributed by atoms with Crippen LogP contribution in [0.3, 0.4) is 0 Å². The van der Waals surface area contributed by atoms with Gasteiger partial charge >= 0.3 is 19.5 Å². The minimum atomic E-state index is 0. The molecule has 1 aromatic carbocycles. The van der Waals surface area contributed by atoms with E-state index in [0.717, 1.165) is 18.8 Å². The first-order valence-electron chi connectivity index (χ1n) is 3.29. The second-order valence-electron chi connectivity index (χ2n) is 1.80. The van der Waals surface area contributed by atoms with Crippen molar-refractivity contribution in [1.82, 2.24) is 0 Å². The number of rotatable bonds is 1.